The first kappa shape index (κ1) is 16.1. The minimum atomic E-state index is -0.391. The van der Waals surface area contributed by atoms with Crippen molar-refractivity contribution in [2.45, 2.75) is 51.4 Å². The van der Waals surface area contributed by atoms with Crippen molar-refractivity contribution in [1.82, 2.24) is 0 Å². The van der Waals surface area contributed by atoms with Crippen LogP contribution >= 0.6 is 0 Å². The normalized spacial score (nSPS) is 25.1. The molecule has 1 atom stereocenters. The Labute approximate surface area is 147 Å². The monoisotopic (exact) mass is 340 g/mol. The zero-order chi connectivity index (χ0) is 18.4. The Hall–Kier alpha value is -2.36. The van der Waals surface area contributed by atoms with Crippen LogP contribution in [0.4, 0.5) is 0 Å². The van der Waals surface area contributed by atoms with Gasteiger partial charge in [0.1, 0.15) is 0 Å². The summed E-state index contributed by atoms with van der Waals surface area (Å²) in [6.45, 7) is 8.67. The molecule has 4 N–H and O–H groups in total. The van der Waals surface area contributed by atoms with Crippen molar-refractivity contribution in [1.29, 1.82) is 0 Å². The molecule has 1 unspecified atom stereocenters. The van der Waals surface area contributed by atoms with Crippen molar-refractivity contribution in [3.63, 3.8) is 0 Å². The van der Waals surface area contributed by atoms with Crippen molar-refractivity contribution in [3.8, 4) is 23.0 Å². The van der Waals surface area contributed by atoms with Crippen LogP contribution in [0.1, 0.15) is 56.4 Å². The summed E-state index contributed by atoms with van der Waals surface area (Å²) in [5.74, 6) is -0.445. The number of phenols is 4. The quantitative estimate of drug-likeness (QED) is 0.545. The molecule has 4 rings (SSSR count). The van der Waals surface area contributed by atoms with Gasteiger partial charge in [-0.2, -0.15) is 0 Å². The number of hydrogen-bond donors (Lipinski definition) is 4. The van der Waals surface area contributed by atoms with E-state index >= 15 is 0 Å². The summed E-state index contributed by atoms with van der Waals surface area (Å²) >= 11 is 0. The lowest BCUT2D eigenvalue weighted by Gasteiger charge is -2.41. The molecule has 0 radical (unpaired) electrons. The summed E-state index contributed by atoms with van der Waals surface area (Å²) in [6.07, 6.45) is 1.58. The standard InChI is InChI=1S/C21H24O4/c1-19(2)10-21(14-8-18(25)17(24)7-13(14)19)12-6-16(23)15(22)5-11(12)9-20(21,3)4/h5-8,22-25H,9-10H2,1-4H3. The number of aromatic hydroxyl groups is 4. The fourth-order valence-corrected chi connectivity index (χ4v) is 5.34. The van der Waals surface area contributed by atoms with E-state index in [-0.39, 0.29) is 33.8 Å². The van der Waals surface area contributed by atoms with Gasteiger partial charge in [-0.15, -0.1) is 0 Å². The molecule has 4 heteroatoms. The highest BCUT2D eigenvalue weighted by atomic mass is 16.3. The molecule has 0 saturated carbocycles. The van der Waals surface area contributed by atoms with E-state index in [4.69, 9.17) is 0 Å². The van der Waals surface area contributed by atoms with E-state index in [0.717, 1.165) is 35.1 Å². The summed E-state index contributed by atoms with van der Waals surface area (Å²) in [5.41, 5.74) is 3.31. The third-order valence-electron chi connectivity index (χ3n) is 6.46. The van der Waals surface area contributed by atoms with E-state index in [2.05, 4.69) is 27.7 Å². The van der Waals surface area contributed by atoms with Crippen LogP contribution in [0.2, 0.25) is 0 Å². The molecule has 0 fully saturated rings. The van der Waals surface area contributed by atoms with Gasteiger partial charge in [-0.25, -0.2) is 0 Å². The van der Waals surface area contributed by atoms with Crippen LogP contribution in [0.3, 0.4) is 0 Å². The highest BCUT2D eigenvalue weighted by molar-refractivity contribution is 5.64. The smallest absolute Gasteiger partial charge is 0.157 e. The lowest BCUT2D eigenvalue weighted by molar-refractivity contribution is 0.203. The lowest BCUT2D eigenvalue weighted by Crippen LogP contribution is -2.39. The molecule has 0 aliphatic heterocycles. The summed E-state index contributed by atoms with van der Waals surface area (Å²) in [6, 6.07) is 6.69. The average Bonchev–Trinajstić information content (AvgIpc) is 2.84. The van der Waals surface area contributed by atoms with Crippen molar-refractivity contribution in [2.24, 2.45) is 5.41 Å². The van der Waals surface area contributed by atoms with Crippen molar-refractivity contribution >= 4 is 0 Å². The van der Waals surface area contributed by atoms with E-state index in [0.29, 0.717) is 0 Å². The fraction of sp³-hybridized carbons (Fsp3) is 0.429. The number of rotatable bonds is 0. The largest absolute Gasteiger partial charge is 0.504 e. The molecule has 0 heterocycles. The molecule has 25 heavy (non-hydrogen) atoms. The van der Waals surface area contributed by atoms with Crippen molar-refractivity contribution in [3.05, 3.63) is 46.5 Å². The maximum Gasteiger partial charge on any atom is 0.157 e. The van der Waals surface area contributed by atoms with E-state index in [1.54, 1.807) is 24.3 Å². The third-order valence-corrected chi connectivity index (χ3v) is 6.46. The zero-order valence-electron chi connectivity index (χ0n) is 15.0. The molecule has 2 aromatic carbocycles. The Balaban J connectivity index is 2.10. The SMILES string of the molecule is CC1(C)CC2(c3cc(O)c(O)cc3CC2(C)C)c2cc(O)c(O)cc21. The lowest BCUT2D eigenvalue weighted by atomic mass is 9.61. The highest BCUT2D eigenvalue weighted by Crippen LogP contribution is 2.66. The molecule has 1 spiro atoms. The summed E-state index contributed by atoms with van der Waals surface area (Å²) in [4.78, 5) is 0. The second kappa shape index (κ2) is 4.43. The molecule has 0 amide bonds. The Kier molecular flexibility index (Phi) is 2.85. The third kappa shape index (κ3) is 1.82. The van der Waals surface area contributed by atoms with Crippen LogP contribution in [0.5, 0.6) is 23.0 Å². The second-order valence-electron chi connectivity index (χ2n) is 8.91. The van der Waals surface area contributed by atoms with E-state index in [1.807, 2.05) is 0 Å². The molecule has 0 saturated heterocycles. The first-order valence-corrected chi connectivity index (χ1v) is 8.62. The van der Waals surface area contributed by atoms with Gasteiger partial charge in [-0.1, -0.05) is 27.7 Å². The maximum absolute atomic E-state index is 10.2. The van der Waals surface area contributed by atoms with Crippen LogP contribution in [-0.4, -0.2) is 20.4 Å². The number of fused-ring (bicyclic) bond motifs is 4. The van der Waals surface area contributed by atoms with Gasteiger partial charge in [0.05, 0.1) is 0 Å². The minimum absolute atomic E-state index is 0.0994. The predicted molar refractivity (Wildman–Crippen MR) is 95.5 cm³/mol. The van der Waals surface area contributed by atoms with Crippen LogP contribution in [0.15, 0.2) is 24.3 Å². The van der Waals surface area contributed by atoms with Gasteiger partial charge >= 0.3 is 0 Å². The molecule has 132 valence electrons. The first-order chi connectivity index (χ1) is 11.5. The summed E-state index contributed by atoms with van der Waals surface area (Å²) in [7, 11) is 0. The Morgan fingerprint density at radius 2 is 1.16 bits per heavy atom. The van der Waals surface area contributed by atoms with Gasteiger partial charge in [0, 0.05) is 5.41 Å². The molecular formula is C21H24O4. The molecule has 4 nitrogen and oxygen atoms in total. The Bertz CT molecular complexity index is 911. The maximum atomic E-state index is 10.2. The van der Waals surface area contributed by atoms with E-state index < -0.39 is 5.41 Å². The van der Waals surface area contributed by atoms with Crippen LogP contribution in [-0.2, 0) is 17.3 Å². The molecule has 2 aromatic rings. The van der Waals surface area contributed by atoms with Gasteiger partial charge in [-0.05, 0) is 70.2 Å². The van der Waals surface area contributed by atoms with Gasteiger partial charge in [0.15, 0.2) is 23.0 Å². The number of phenolic OH excluding ortho intramolecular Hbond substituents is 4. The van der Waals surface area contributed by atoms with Crippen molar-refractivity contribution < 1.29 is 20.4 Å². The Morgan fingerprint density at radius 1 is 0.680 bits per heavy atom. The van der Waals surface area contributed by atoms with Crippen LogP contribution in [0.25, 0.3) is 0 Å². The summed E-state index contributed by atoms with van der Waals surface area (Å²) < 4.78 is 0. The van der Waals surface area contributed by atoms with Crippen LogP contribution in [0, 0.1) is 5.41 Å². The molecular weight excluding hydrogens is 316 g/mol. The predicted octanol–water partition coefficient (Wildman–Crippen LogP) is 4.06. The van der Waals surface area contributed by atoms with E-state index in [1.165, 1.54) is 0 Å². The minimum Gasteiger partial charge on any atom is -0.504 e. The Morgan fingerprint density at radius 3 is 1.76 bits per heavy atom. The molecule has 2 aliphatic carbocycles. The highest BCUT2D eigenvalue weighted by Gasteiger charge is 2.60. The first-order valence-electron chi connectivity index (χ1n) is 8.62. The van der Waals surface area contributed by atoms with Gasteiger partial charge in [0.2, 0.25) is 0 Å². The molecule has 0 bridgehead atoms. The number of hydrogen-bond acceptors (Lipinski definition) is 4. The van der Waals surface area contributed by atoms with Crippen LogP contribution < -0.4 is 0 Å². The second-order valence-corrected chi connectivity index (χ2v) is 8.91. The zero-order valence-corrected chi connectivity index (χ0v) is 15.0. The van der Waals surface area contributed by atoms with Gasteiger partial charge in [-0.3, -0.25) is 0 Å². The average molecular weight is 340 g/mol. The molecule has 0 aromatic heterocycles. The van der Waals surface area contributed by atoms with E-state index in [9.17, 15) is 20.4 Å². The number of benzene rings is 2. The summed E-state index contributed by atoms with van der Waals surface area (Å²) in [5, 5.41) is 40.3. The van der Waals surface area contributed by atoms with Gasteiger partial charge < -0.3 is 20.4 Å². The van der Waals surface area contributed by atoms with Crippen molar-refractivity contribution in [2.75, 3.05) is 0 Å². The topological polar surface area (TPSA) is 80.9 Å². The van der Waals surface area contributed by atoms with Gasteiger partial charge in [0.25, 0.3) is 0 Å². The molecule has 2 aliphatic rings. The fourth-order valence-electron chi connectivity index (χ4n) is 5.34.